The van der Waals surface area contributed by atoms with Crippen LogP contribution in [0.2, 0.25) is 0 Å². The van der Waals surface area contributed by atoms with E-state index in [0.717, 1.165) is 24.7 Å². The first-order valence-electron chi connectivity index (χ1n) is 9.22. The van der Waals surface area contributed by atoms with E-state index >= 15 is 0 Å². The van der Waals surface area contributed by atoms with Gasteiger partial charge in [-0.2, -0.15) is 13.2 Å². The Morgan fingerprint density at radius 1 is 1.21 bits per heavy atom. The molecule has 2 aliphatic rings. The number of aliphatic carboxylic acids is 1. The molecule has 2 atom stereocenters. The summed E-state index contributed by atoms with van der Waals surface area (Å²) in [6.07, 6.45) is -1.17. The quantitative estimate of drug-likeness (QED) is 0.813. The number of hydrogen-bond acceptors (Lipinski definition) is 4. The van der Waals surface area contributed by atoms with E-state index in [1.807, 2.05) is 19.1 Å². The molecule has 0 saturated carbocycles. The van der Waals surface area contributed by atoms with Crippen LogP contribution in [-0.4, -0.2) is 59.8 Å². The number of primary amides is 1. The first-order valence-corrected chi connectivity index (χ1v) is 9.22. The van der Waals surface area contributed by atoms with Crippen LogP contribution in [0.3, 0.4) is 0 Å². The third kappa shape index (κ3) is 5.37. The van der Waals surface area contributed by atoms with Gasteiger partial charge in [-0.1, -0.05) is 0 Å². The minimum Gasteiger partial charge on any atom is -0.475 e. The third-order valence-electron chi connectivity index (χ3n) is 5.32. The fourth-order valence-corrected chi connectivity index (χ4v) is 3.87. The second kappa shape index (κ2) is 8.81. The molecule has 9 heteroatoms. The van der Waals surface area contributed by atoms with E-state index in [1.165, 1.54) is 31.5 Å². The Morgan fingerprint density at radius 2 is 1.86 bits per heavy atom. The summed E-state index contributed by atoms with van der Waals surface area (Å²) in [5, 5.41) is 7.12. The van der Waals surface area contributed by atoms with Crippen molar-refractivity contribution in [3.63, 3.8) is 0 Å². The molecule has 2 fully saturated rings. The summed E-state index contributed by atoms with van der Waals surface area (Å²) in [4.78, 5) is 25.3. The Kier molecular flexibility index (Phi) is 6.92. The fraction of sp³-hybridized carbons (Fsp3) is 0.579. The lowest BCUT2D eigenvalue weighted by Gasteiger charge is -2.28. The van der Waals surface area contributed by atoms with Crippen molar-refractivity contribution in [2.75, 3.05) is 24.5 Å². The Bertz CT molecular complexity index is 724. The molecule has 0 bridgehead atoms. The number of carboxylic acids is 1. The van der Waals surface area contributed by atoms with Crippen LogP contribution >= 0.6 is 0 Å². The Balaban J connectivity index is 0.000000345. The number of anilines is 1. The molecule has 1 aromatic rings. The minimum atomic E-state index is -5.08. The van der Waals surface area contributed by atoms with Gasteiger partial charge in [0.25, 0.3) is 0 Å². The second-order valence-electron chi connectivity index (χ2n) is 7.28. The summed E-state index contributed by atoms with van der Waals surface area (Å²) < 4.78 is 31.7. The highest BCUT2D eigenvalue weighted by molar-refractivity contribution is 5.94. The lowest BCUT2D eigenvalue weighted by Crippen LogP contribution is -2.39. The standard InChI is InChI=1S/C17H25N3O.C2HF3O2/c1-12-10-14(5-6-16(12)17(18)21)19-9-7-15(11-19)20-8-3-4-13(20)2;3-2(4,5)1(6)7/h5-6,10,13,15H,3-4,7-9,11H2,1-2H3,(H2,18,21);(H,6,7). The second-order valence-corrected chi connectivity index (χ2v) is 7.28. The molecular formula is C19H26F3N3O3. The van der Waals surface area contributed by atoms with Gasteiger partial charge in [0, 0.05) is 36.4 Å². The molecule has 28 heavy (non-hydrogen) atoms. The fourth-order valence-electron chi connectivity index (χ4n) is 3.87. The molecule has 1 aromatic carbocycles. The van der Waals surface area contributed by atoms with Crippen molar-refractivity contribution in [3.05, 3.63) is 29.3 Å². The Labute approximate surface area is 162 Å². The molecule has 6 nitrogen and oxygen atoms in total. The maximum atomic E-state index is 11.3. The van der Waals surface area contributed by atoms with Gasteiger partial charge >= 0.3 is 12.1 Å². The molecular weight excluding hydrogens is 375 g/mol. The maximum Gasteiger partial charge on any atom is 0.490 e. The number of rotatable bonds is 3. The molecule has 1 amide bonds. The van der Waals surface area contributed by atoms with E-state index in [0.29, 0.717) is 11.6 Å². The van der Waals surface area contributed by atoms with E-state index < -0.39 is 12.1 Å². The van der Waals surface area contributed by atoms with Gasteiger partial charge in [-0.25, -0.2) is 4.79 Å². The number of hydrogen-bond donors (Lipinski definition) is 2. The zero-order valence-corrected chi connectivity index (χ0v) is 16.0. The van der Waals surface area contributed by atoms with Crippen LogP contribution in [0.4, 0.5) is 18.9 Å². The summed E-state index contributed by atoms with van der Waals surface area (Å²) >= 11 is 0. The van der Waals surface area contributed by atoms with Crippen LogP contribution in [0.1, 0.15) is 42.1 Å². The zero-order valence-electron chi connectivity index (χ0n) is 16.0. The number of likely N-dealkylation sites (tertiary alicyclic amines) is 1. The smallest absolute Gasteiger partial charge is 0.475 e. The topological polar surface area (TPSA) is 86.9 Å². The van der Waals surface area contributed by atoms with Crippen molar-refractivity contribution in [1.29, 1.82) is 0 Å². The SMILES string of the molecule is Cc1cc(N2CCC(N3CCCC3C)C2)ccc1C(N)=O.O=C(O)C(F)(F)F. The molecule has 156 valence electrons. The first-order chi connectivity index (χ1) is 13.0. The summed E-state index contributed by atoms with van der Waals surface area (Å²) in [6, 6.07) is 7.39. The lowest BCUT2D eigenvalue weighted by molar-refractivity contribution is -0.192. The monoisotopic (exact) mass is 401 g/mol. The summed E-state index contributed by atoms with van der Waals surface area (Å²) in [7, 11) is 0. The van der Waals surface area contributed by atoms with E-state index in [1.54, 1.807) is 0 Å². The molecule has 0 radical (unpaired) electrons. The number of carbonyl (C=O) groups is 2. The van der Waals surface area contributed by atoms with Crippen LogP contribution in [0.15, 0.2) is 18.2 Å². The third-order valence-corrected chi connectivity index (χ3v) is 5.32. The number of carbonyl (C=O) groups excluding carboxylic acids is 1. The average molecular weight is 401 g/mol. The van der Waals surface area contributed by atoms with Crippen LogP contribution < -0.4 is 10.6 Å². The molecule has 3 rings (SSSR count). The highest BCUT2D eigenvalue weighted by Crippen LogP contribution is 2.29. The van der Waals surface area contributed by atoms with Gasteiger partial charge in [-0.05, 0) is 63.4 Å². The van der Waals surface area contributed by atoms with Gasteiger partial charge in [0.2, 0.25) is 5.91 Å². The number of halogens is 3. The molecule has 3 N–H and O–H groups in total. The zero-order chi connectivity index (χ0) is 21.1. The van der Waals surface area contributed by atoms with E-state index in [2.05, 4.69) is 22.8 Å². The number of alkyl halides is 3. The maximum absolute atomic E-state index is 11.3. The summed E-state index contributed by atoms with van der Waals surface area (Å²) in [5.74, 6) is -3.10. The van der Waals surface area contributed by atoms with Gasteiger partial charge in [0.15, 0.2) is 0 Å². The van der Waals surface area contributed by atoms with Crippen molar-refractivity contribution >= 4 is 17.6 Å². The minimum absolute atomic E-state index is 0.343. The highest BCUT2D eigenvalue weighted by Gasteiger charge is 2.38. The predicted molar refractivity (Wildman–Crippen MR) is 99.4 cm³/mol. The number of carboxylic acid groups (broad SMARTS) is 1. The van der Waals surface area contributed by atoms with Crippen molar-refractivity contribution < 1.29 is 27.9 Å². The highest BCUT2D eigenvalue weighted by atomic mass is 19.4. The van der Waals surface area contributed by atoms with Gasteiger partial charge in [0.05, 0.1) is 0 Å². The van der Waals surface area contributed by atoms with Crippen LogP contribution in [0, 0.1) is 6.92 Å². The van der Waals surface area contributed by atoms with Gasteiger partial charge < -0.3 is 15.7 Å². The van der Waals surface area contributed by atoms with Crippen molar-refractivity contribution in [2.45, 2.75) is 51.4 Å². The molecule has 0 aliphatic carbocycles. The number of nitrogens with two attached hydrogens (primary N) is 1. The molecule has 2 unspecified atom stereocenters. The Hall–Kier alpha value is -2.29. The first kappa shape index (κ1) is 22.0. The molecule has 0 spiro atoms. The van der Waals surface area contributed by atoms with E-state index in [-0.39, 0.29) is 5.91 Å². The molecule has 2 heterocycles. The molecule has 0 aromatic heterocycles. The van der Waals surface area contributed by atoms with Crippen LogP contribution in [-0.2, 0) is 4.79 Å². The van der Waals surface area contributed by atoms with Crippen molar-refractivity contribution in [2.24, 2.45) is 5.73 Å². The van der Waals surface area contributed by atoms with Crippen LogP contribution in [0.5, 0.6) is 0 Å². The largest absolute Gasteiger partial charge is 0.490 e. The number of amides is 1. The van der Waals surface area contributed by atoms with Gasteiger partial charge in [0.1, 0.15) is 0 Å². The summed E-state index contributed by atoms with van der Waals surface area (Å²) in [5.41, 5.74) is 8.19. The molecule has 2 aliphatic heterocycles. The normalized spacial score (nSPS) is 22.7. The lowest BCUT2D eigenvalue weighted by atomic mass is 10.1. The van der Waals surface area contributed by atoms with E-state index in [9.17, 15) is 18.0 Å². The molecule has 2 saturated heterocycles. The number of nitrogens with zero attached hydrogens (tertiary/aromatic N) is 2. The number of benzene rings is 1. The van der Waals surface area contributed by atoms with Gasteiger partial charge in [-0.15, -0.1) is 0 Å². The van der Waals surface area contributed by atoms with Gasteiger partial charge in [-0.3, -0.25) is 9.69 Å². The average Bonchev–Trinajstić information content (AvgIpc) is 3.22. The Morgan fingerprint density at radius 3 is 2.32 bits per heavy atom. The number of aryl methyl sites for hydroxylation is 1. The van der Waals surface area contributed by atoms with Crippen molar-refractivity contribution in [3.8, 4) is 0 Å². The summed E-state index contributed by atoms with van der Waals surface area (Å²) in [6.45, 7) is 7.75. The van der Waals surface area contributed by atoms with Crippen molar-refractivity contribution in [1.82, 2.24) is 4.90 Å². The predicted octanol–water partition coefficient (Wildman–Crippen LogP) is 2.79. The van der Waals surface area contributed by atoms with E-state index in [4.69, 9.17) is 15.6 Å². The van der Waals surface area contributed by atoms with Crippen LogP contribution in [0.25, 0.3) is 0 Å².